The maximum atomic E-state index is 12.8. The van der Waals surface area contributed by atoms with E-state index in [2.05, 4.69) is 15.5 Å². The number of benzene rings is 1. The number of nitrogens with one attached hydrogen (secondary N) is 1. The van der Waals surface area contributed by atoms with Gasteiger partial charge in [0.25, 0.3) is 11.6 Å². The summed E-state index contributed by atoms with van der Waals surface area (Å²) >= 11 is 12.1. The third-order valence-corrected chi connectivity index (χ3v) is 4.49. The van der Waals surface area contributed by atoms with Crippen molar-refractivity contribution in [3.63, 3.8) is 0 Å². The van der Waals surface area contributed by atoms with Crippen molar-refractivity contribution in [3.05, 3.63) is 51.3 Å². The second kappa shape index (κ2) is 6.42. The number of halogens is 2. The molecule has 0 fully saturated rings. The number of aryl methyl sites for hydroxylation is 1. The molecule has 2 heterocycles. The van der Waals surface area contributed by atoms with Crippen molar-refractivity contribution in [3.8, 4) is 0 Å². The van der Waals surface area contributed by atoms with Crippen LogP contribution in [-0.4, -0.2) is 16.0 Å². The van der Waals surface area contributed by atoms with Gasteiger partial charge in [0.1, 0.15) is 0 Å². The number of hydrogen-bond acceptors (Lipinski definition) is 4. The number of nitrogens with zero attached hydrogens (tertiary/aromatic N) is 2. The zero-order chi connectivity index (χ0) is 17.4. The molecule has 3 aromatic rings. The molecule has 0 aliphatic rings. The second-order valence-corrected chi connectivity index (χ2v) is 6.54. The van der Waals surface area contributed by atoms with Gasteiger partial charge >= 0.3 is 0 Å². The Morgan fingerprint density at radius 1 is 1.29 bits per heavy atom. The van der Waals surface area contributed by atoms with Gasteiger partial charge in [-0.1, -0.05) is 48.3 Å². The molecule has 124 valence electrons. The van der Waals surface area contributed by atoms with Gasteiger partial charge in [-0.3, -0.25) is 4.79 Å². The van der Waals surface area contributed by atoms with Gasteiger partial charge in [0.05, 0.1) is 32.4 Å². The molecule has 2 aromatic heterocycles. The quantitative estimate of drug-likeness (QED) is 0.692. The minimum Gasteiger partial charge on any atom is -0.336 e. The lowest BCUT2D eigenvalue weighted by atomic mass is 10.0. The highest BCUT2D eigenvalue weighted by molar-refractivity contribution is 6.44. The second-order valence-electron chi connectivity index (χ2n) is 5.75. The minimum absolute atomic E-state index is 0.140. The first-order valence-corrected chi connectivity index (χ1v) is 8.16. The van der Waals surface area contributed by atoms with E-state index in [1.807, 2.05) is 13.8 Å². The third-order valence-electron chi connectivity index (χ3n) is 3.67. The summed E-state index contributed by atoms with van der Waals surface area (Å²) in [5, 5.41) is 7.96. The number of amides is 1. The zero-order valence-corrected chi connectivity index (χ0v) is 14.9. The highest BCUT2D eigenvalue weighted by atomic mass is 35.5. The van der Waals surface area contributed by atoms with Gasteiger partial charge < -0.3 is 9.84 Å². The maximum absolute atomic E-state index is 12.8. The van der Waals surface area contributed by atoms with Crippen LogP contribution in [0.15, 0.2) is 28.8 Å². The van der Waals surface area contributed by atoms with E-state index in [1.165, 1.54) is 0 Å². The summed E-state index contributed by atoms with van der Waals surface area (Å²) in [6.07, 6.45) is 0. The van der Waals surface area contributed by atoms with E-state index in [4.69, 9.17) is 27.7 Å². The largest absolute Gasteiger partial charge is 0.336 e. The Balaban J connectivity index is 2.09. The molecule has 1 amide bonds. The first-order valence-electron chi connectivity index (χ1n) is 7.40. The van der Waals surface area contributed by atoms with Crippen LogP contribution in [0.5, 0.6) is 0 Å². The summed E-state index contributed by atoms with van der Waals surface area (Å²) in [5.74, 6) is -0.180. The monoisotopic (exact) mass is 363 g/mol. The van der Waals surface area contributed by atoms with E-state index < -0.39 is 0 Å². The van der Waals surface area contributed by atoms with Gasteiger partial charge in [-0.25, -0.2) is 4.98 Å². The summed E-state index contributed by atoms with van der Waals surface area (Å²) in [6, 6.07) is 6.82. The molecular weight excluding hydrogens is 349 g/mol. The molecule has 0 saturated carbocycles. The van der Waals surface area contributed by atoms with Crippen molar-refractivity contribution in [1.29, 1.82) is 0 Å². The van der Waals surface area contributed by atoms with Gasteiger partial charge in [-0.15, -0.1) is 0 Å². The molecule has 1 aromatic carbocycles. The predicted molar refractivity (Wildman–Crippen MR) is 95.0 cm³/mol. The van der Waals surface area contributed by atoms with Crippen molar-refractivity contribution in [1.82, 2.24) is 10.1 Å². The number of anilines is 1. The van der Waals surface area contributed by atoms with Crippen LogP contribution < -0.4 is 5.32 Å². The fraction of sp³-hybridized carbons (Fsp3) is 0.235. The summed E-state index contributed by atoms with van der Waals surface area (Å²) in [6.45, 7) is 5.76. The van der Waals surface area contributed by atoms with Gasteiger partial charge in [0.15, 0.2) is 0 Å². The van der Waals surface area contributed by atoms with Gasteiger partial charge in [-0.05, 0) is 31.0 Å². The highest BCUT2D eigenvalue weighted by Gasteiger charge is 2.20. The molecule has 0 saturated heterocycles. The summed E-state index contributed by atoms with van der Waals surface area (Å²) in [7, 11) is 0. The van der Waals surface area contributed by atoms with Crippen molar-refractivity contribution in [2.24, 2.45) is 0 Å². The molecule has 5 nitrogen and oxygen atoms in total. The van der Waals surface area contributed by atoms with Gasteiger partial charge in [0.2, 0.25) is 0 Å². The number of aromatic nitrogens is 2. The molecule has 24 heavy (non-hydrogen) atoms. The van der Waals surface area contributed by atoms with Crippen LogP contribution in [0.2, 0.25) is 10.0 Å². The number of pyridine rings is 1. The van der Waals surface area contributed by atoms with Crippen LogP contribution in [0.25, 0.3) is 11.1 Å². The highest BCUT2D eigenvalue weighted by Crippen LogP contribution is 2.31. The SMILES string of the molecule is Cc1noc2nc(C(C)C)cc(C(=O)Nc3cccc(Cl)c3Cl)c12. The first kappa shape index (κ1) is 16.7. The average Bonchev–Trinajstić information content (AvgIpc) is 2.92. The Labute approximate surface area is 148 Å². The zero-order valence-electron chi connectivity index (χ0n) is 13.4. The summed E-state index contributed by atoms with van der Waals surface area (Å²) < 4.78 is 5.24. The van der Waals surface area contributed by atoms with Crippen LogP contribution >= 0.6 is 23.2 Å². The van der Waals surface area contributed by atoms with Crippen LogP contribution in [-0.2, 0) is 0 Å². The third kappa shape index (κ3) is 2.97. The lowest BCUT2D eigenvalue weighted by molar-refractivity contribution is 0.102. The molecule has 0 bridgehead atoms. The normalized spacial score (nSPS) is 11.2. The van der Waals surface area contributed by atoms with Crippen molar-refractivity contribution in [2.75, 3.05) is 5.32 Å². The Bertz CT molecular complexity index is 935. The van der Waals surface area contributed by atoms with Crippen LogP contribution in [0.1, 0.15) is 41.5 Å². The lowest BCUT2D eigenvalue weighted by Gasteiger charge is -2.11. The molecule has 3 rings (SSSR count). The minimum atomic E-state index is -0.320. The Kier molecular flexibility index (Phi) is 4.47. The van der Waals surface area contributed by atoms with Gasteiger partial charge in [-0.2, -0.15) is 0 Å². The van der Waals surface area contributed by atoms with E-state index in [0.717, 1.165) is 5.69 Å². The van der Waals surface area contributed by atoms with Crippen LogP contribution in [0.3, 0.4) is 0 Å². The Hall–Kier alpha value is -2.11. The van der Waals surface area contributed by atoms with E-state index in [0.29, 0.717) is 38.1 Å². The fourth-order valence-corrected chi connectivity index (χ4v) is 2.73. The molecule has 0 atom stereocenters. The van der Waals surface area contributed by atoms with E-state index >= 15 is 0 Å². The molecule has 0 spiro atoms. The van der Waals surface area contributed by atoms with E-state index in [9.17, 15) is 4.79 Å². The average molecular weight is 364 g/mol. The number of carbonyl (C=O) groups is 1. The smallest absolute Gasteiger partial charge is 0.259 e. The Morgan fingerprint density at radius 2 is 2.04 bits per heavy atom. The molecule has 0 unspecified atom stereocenters. The van der Waals surface area contributed by atoms with E-state index in [-0.39, 0.29) is 11.8 Å². The summed E-state index contributed by atoms with van der Waals surface area (Å²) in [4.78, 5) is 17.2. The number of hydrogen-bond donors (Lipinski definition) is 1. The summed E-state index contributed by atoms with van der Waals surface area (Å²) in [5.41, 5.74) is 2.59. The molecule has 7 heteroatoms. The van der Waals surface area contributed by atoms with Crippen LogP contribution in [0.4, 0.5) is 5.69 Å². The van der Waals surface area contributed by atoms with Gasteiger partial charge in [0, 0.05) is 5.69 Å². The van der Waals surface area contributed by atoms with Crippen LogP contribution in [0, 0.1) is 6.92 Å². The molecular formula is C17H15Cl2N3O2. The van der Waals surface area contributed by atoms with E-state index in [1.54, 1.807) is 31.2 Å². The molecule has 0 radical (unpaired) electrons. The standard InChI is InChI=1S/C17H15Cl2N3O2/c1-8(2)13-7-10(14-9(3)22-24-17(14)21-13)16(23)20-12-6-4-5-11(18)15(12)19/h4-8H,1-3H3,(H,20,23). The van der Waals surface area contributed by atoms with Crippen molar-refractivity contribution < 1.29 is 9.32 Å². The fourth-order valence-electron chi connectivity index (χ4n) is 2.38. The maximum Gasteiger partial charge on any atom is 0.259 e. The number of carbonyl (C=O) groups excluding carboxylic acids is 1. The molecule has 0 aliphatic heterocycles. The predicted octanol–water partition coefficient (Wildman–Crippen LogP) is 5.21. The van der Waals surface area contributed by atoms with Crippen molar-refractivity contribution >= 4 is 45.9 Å². The molecule has 1 N–H and O–H groups in total. The number of rotatable bonds is 3. The van der Waals surface area contributed by atoms with Crippen molar-refractivity contribution in [2.45, 2.75) is 26.7 Å². The number of fused-ring (bicyclic) bond motifs is 1. The lowest BCUT2D eigenvalue weighted by Crippen LogP contribution is -2.14. The molecule has 0 aliphatic carbocycles. The topological polar surface area (TPSA) is 68.0 Å². The first-order chi connectivity index (χ1) is 11.4. The Morgan fingerprint density at radius 3 is 2.75 bits per heavy atom.